The summed E-state index contributed by atoms with van der Waals surface area (Å²) in [5.74, 6) is 1.13. The molecule has 2 aromatic rings. The number of hydroxylamine groups is 1. The number of piperidine rings is 1. The number of ether oxygens (including phenoxy) is 1. The lowest BCUT2D eigenvalue weighted by Crippen LogP contribution is -2.75. The Morgan fingerprint density at radius 2 is 1.69 bits per heavy atom. The molecule has 7 nitrogen and oxygen atoms in total. The molecule has 5 aliphatic rings. The second-order valence-electron chi connectivity index (χ2n) is 19.2. The van der Waals surface area contributed by atoms with E-state index in [1.165, 1.54) is 23.5 Å². The minimum Gasteiger partial charge on any atom is -0.487 e. The zero-order chi connectivity index (χ0) is 37.1. The van der Waals surface area contributed by atoms with Crippen LogP contribution in [0.4, 0.5) is 5.69 Å². The van der Waals surface area contributed by atoms with Crippen LogP contribution < -0.4 is 9.80 Å². The van der Waals surface area contributed by atoms with Crippen LogP contribution in [0.5, 0.6) is 5.75 Å². The number of anilines is 1. The average Bonchev–Trinajstić information content (AvgIpc) is 3.77. The van der Waals surface area contributed by atoms with Crippen molar-refractivity contribution in [2.75, 3.05) is 18.2 Å². The number of carbonyl (C=O) groups is 1. The van der Waals surface area contributed by atoms with Crippen molar-refractivity contribution in [3.63, 3.8) is 0 Å². The number of benzene rings is 2. The van der Waals surface area contributed by atoms with Gasteiger partial charge >= 0.3 is 0 Å². The predicted octanol–water partition coefficient (Wildman–Crippen LogP) is 9.98. The van der Waals surface area contributed by atoms with Crippen LogP contribution in [0.25, 0.3) is 0 Å². The fourth-order valence-corrected chi connectivity index (χ4v) is 11.1. The predicted molar refractivity (Wildman–Crippen MR) is 211 cm³/mol. The third-order valence-electron chi connectivity index (χ3n) is 13.9. The Balaban J connectivity index is 1.38. The minimum absolute atomic E-state index is 0.0702. The third-order valence-corrected chi connectivity index (χ3v) is 23.3. The van der Waals surface area contributed by atoms with Crippen molar-refractivity contribution in [1.82, 2.24) is 4.90 Å². The van der Waals surface area contributed by atoms with Crippen LogP contribution in [0, 0.1) is 5.92 Å². The normalized spacial score (nSPS) is 28.3. The number of hydrogen-bond acceptors (Lipinski definition) is 6. The standard InChI is InChI=1S/C40H58Cl2N2O5Si2/c1-37(2,3)50(7,8)48-34(27-15-17-28(41)29(42)22-27)36(45)44(49-51(9,10)38(4,5)6)30-18-16-26-23-31-40(46)19-11-12-32-39(40,33(26)35(30)47-32)20-21-43(31)24-25-13-14-25/h15-18,22,25,31-32,34,46H,11-14,19-21,23-24H2,1-10H3/t31-,32?,34?,39-,40-/m1/s1. The van der Waals surface area contributed by atoms with Gasteiger partial charge in [0.1, 0.15) is 17.5 Å². The Kier molecular flexibility index (Phi) is 9.32. The molecule has 2 unspecified atom stereocenters. The first-order valence-corrected chi connectivity index (χ1v) is 25.6. The average molecular weight is 774 g/mol. The van der Waals surface area contributed by atoms with Crippen LogP contribution in [-0.2, 0) is 25.6 Å². The summed E-state index contributed by atoms with van der Waals surface area (Å²) in [4.78, 5) is 18.1. The van der Waals surface area contributed by atoms with Crippen LogP contribution >= 0.6 is 23.2 Å². The SMILES string of the molecule is CC(C)(C)[Si](C)(C)OC(C(=O)N(O[Si](C)(C)C(C)(C)C)c1ccc2c3c1OC1CCC[C@@]4(O)[C@@H](C2)N(CC2CC2)CC[C@]314)c1ccc(Cl)c(Cl)c1. The van der Waals surface area contributed by atoms with E-state index >= 15 is 4.79 Å². The molecule has 2 aliphatic heterocycles. The summed E-state index contributed by atoms with van der Waals surface area (Å²) < 4.78 is 21.3. The smallest absolute Gasteiger partial charge is 0.282 e. The molecule has 5 atom stereocenters. The van der Waals surface area contributed by atoms with Crippen LogP contribution in [0.2, 0.25) is 46.3 Å². The molecule has 2 heterocycles. The van der Waals surface area contributed by atoms with Gasteiger partial charge in [0.2, 0.25) is 8.32 Å². The Bertz CT molecular complexity index is 1720. The van der Waals surface area contributed by atoms with E-state index in [1.807, 2.05) is 12.1 Å². The highest BCUT2D eigenvalue weighted by Crippen LogP contribution is 2.66. The fourth-order valence-electron chi connectivity index (χ4n) is 8.73. The first-order valence-electron chi connectivity index (χ1n) is 19.1. The second kappa shape index (κ2) is 12.6. The molecule has 1 spiro atoms. The van der Waals surface area contributed by atoms with Crippen molar-refractivity contribution in [2.45, 2.75) is 152 Å². The summed E-state index contributed by atoms with van der Waals surface area (Å²) in [6.45, 7) is 23.7. The van der Waals surface area contributed by atoms with Gasteiger partial charge in [0.15, 0.2) is 14.4 Å². The van der Waals surface area contributed by atoms with Crippen molar-refractivity contribution < 1.29 is 23.6 Å². The summed E-state index contributed by atoms with van der Waals surface area (Å²) in [5.41, 5.74) is 2.15. The second-order valence-corrected chi connectivity index (χ2v) is 29.4. The molecule has 7 rings (SSSR count). The monoisotopic (exact) mass is 772 g/mol. The van der Waals surface area contributed by atoms with Gasteiger partial charge in [-0.05, 0) is 123 Å². The van der Waals surface area contributed by atoms with Crippen LogP contribution in [0.3, 0.4) is 0 Å². The Hall–Kier alpha value is -1.44. The molecule has 3 aliphatic carbocycles. The quantitative estimate of drug-likeness (QED) is 0.202. The molecule has 11 heteroatoms. The molecule has 2 saturated carbocycles. The number of amides is 1. The van der Waals surface area contributed by atoms with Crippen molar-refractivity contribution in [2.24, 2.45) is 5.92 Å². The fraction of sp³-hybridized carbons (Fsp3) is 0.675. The molecule has 0 radical (unpaired) electrons. The first kappa shape index (κ1) is 37.9. The van der Waals surface area contributed by atoms with Crippen molar-refractivity contribution >= 4 is 51.4 Å². The van der Waals surface area contributed by atoms with E-state index in [4.69, 9.17) is 36.9 Å². The molecule has 2 aromatic carbocycles. The maximum atomic E-state index is 15.5. The highest BCUT2D eigenvalue weighted by molar-refractivity contribution is 6.75. The Morgan fingerprint density at radius 3 is 2.31 bits per heavy atom. The van der Waals surface area contributed by atoms with Crippen molar-refractivity contribution in [3.05, 3.63) is 57.1 Å². The minimum atomic E-state index is -2.62. The molecule has 1 amide bonds. The highest BCUT2D eigenvalue weighted by atomic mass is 35.5. The Labute approximate surface area is 317 Å². The molecule has 280 valence electrons. The van der Waals surface area contributed by atoms with E-state index in [-0.39, 0.29) is 28.1 Å². The van der Waals surface area contributed by atoms with E-state index in [9.17, 15) is 5.11 Å². The molecular weight excluding hydrogens is 716 g/mol. The zero-order valence-electron chi connectivity index (χ0n) is 32.3. The number of hydrogen-bond donors (Lipinski definition) is 1. The van der Waals surface area contributed by atoms with Gasteiger partial charge in [-0.15, -0.1) is 0 Å². The summed E-state index contributed by atoms with van der Waals surface area (Å²) in [6.07, 6.45) is 5.62. The van der Waals surface area contributed by atoms with Gasteiger partial charge in [-0.2, -0.15) is 5.06 Å². The molecule has 1 N–H and O–H groups in total. The lowest BCUT2D eigenvalue weighted by Gasteiger charge is -2.63. The van der Waals surface area contributed by atoms with Crippen molar-refractivity contribution in [3.8, 4) is 5.75 Å². The lowest BCUT2D eigenvalue weighted by atomic mass is 9.49. The van der Waals surface area contributed by atoms with Gasteiger partial charge in [-0.3, -0.25) is 9.69 Å². The number of rotatable bonds is 9. The first-order chi connectivity index (χ1) is 23.6. The summed E-state index contributed by atoms with van der Waals surface area (Å²) in [5, 5.41) is 14.9. The summed E-state index contributed by atoms with van der Waals surface area (Å²) in [7, 11) is -5.14. The van der Waals surface area contributed by atoms with Gasteiger partial charge in [0.25, 0.3) is 5.91 Å². The number of likely N-dealkylation sites (tertiary alicyclic amines) is 1. The number of halogens is 2. The topological polar surface area (TPSA) is 71.5 Å². The molecule has 0 aromatic heterocycles. The van der Waals surface area contributed by atoms with Crippen LogP contribution in [-0.4, -0.2) is 63.4 Å². The van der Waals surface area contributed by atoms with Gasteiger partial charge < -0.3 is 18.8 Å². The molecule has 51 heavy (non-hydrogen) atoms. The van der Waals surface area contributed by atoms with E-state index < -0.39 is 33.8 Å². The van der Waals surface area contributed by atoms with Crippen LogP contribution in [0.1, 0.15) is 103 Å². The van der Waals surface area contributed by atoms with Gasteiger partial charge in [0, 0.05) is 18.2 Å². The maximum Gasteiger partial charge on any atom is 0.282 e. The highest BCUT2D eigenvalue weighted by Gasteiger charge is 2.71. The lowest BCUT2D eigenvalue weighted by molar-refractivity contribution is -0.185. The summed E-state index contributed by atoms with van der Waals surface area (Å²) >= 11 is 13.0. The van der Waals surface area contributed by atoms with E-state index in [0.29, 0.717) is 27.0 Å². The largest absolute Gasteiger partial charge is 0.487 e. The molecule has 3 fully saturated rings. The van der Waals surface area contributed by atoms with E-state index in [0.717, 1.165) is 56.7 Å². The van der Waals surface area contributed by atoms with E-state index in [1.54, 1.807) is 12.1 Å². The Morgan fingerprint density at radius 1 is 1.00 bits per heavy atom. The van der Waals surface area contributed by atoms with E-state index in [2.05, 4.69) is 78.7 Å². The van der Waals surface area contributed by atoms with Gasteiger partial charge in [-0.1, -0.05) is 76.9 Å². The molecule has 2 bridgehead atoms. The number of aliphatic hydroxyl groups is 1. The third kappa shape index (κ3) is 6.08. The van der Waals surface area contributed by atoms with Crippen molar-refractivity contribution in [1.29, 1.82) is 0 Å². The van der Waals surface area contributed by atoms with Crippen LogP contribution in [0.15, 0.2) is 30.3 Å². The number of nitrogens with zero attached hydrogens (tertiary/aromatic N) is 2. The zero-order valence-corrected chi connectivity index (χ0v) is 35.8. The van der Waals surface area contributed by atoms with Gasteiger partial charge in [-0.25, -0.2) is 0 Å². The summed E-state index contributed by atoms with van der Waals surface area (Å²) in [6, 6.07) is 9.58. The molecule has 1 saturated heterocycles. The molecular formula is C40H58Cl2N2O5Si2. The maximum absolute atomic E-state index is 15.5. The van der Waals surface area contributed by atoms with Gasteiger partial charge in [0.05, 0.1) is 21.1 Å². The number of carbonyl (C=O) groups excluding carboxylic acids is 1.